The van der Waals surface area contributed by atoms with Gasteiger partial charge in [0.25, 0.3) is 0 Å². The summed E-state index contributed by atoms with van der Waals surface area (Å²) in [6.07, 6.45) is 16.7. The SMILES string of the molecule is CCCCCCCC1CCC(C2C=CC(c3ccc(OCC)c(F)c3F)CC2)CO1. The van der Waals surface area contributed by atoms with Crippen molar-refractivity contribution in [3.05, 3.63) is 41.5 Å². The van der Waals surface area contributed by atoms with Gasteiger partial charge in [-0.3, -0.25) is 0 Å². The molecule has 4 atom stereocenters. The number of hydrogen-bond donors (Lipinski definition) is 0. The van der Waals surface area contributed by atoms with E-state index in [2.05, 4.69) is 19.1 Å². The number of unbranched alkanes of at least 4 members (excludes halogenated alkanes) is 4. The molecular weight excluding hydrogens is 382 g/mol. The summed E-state index contributed by atoms with van der Waals surface area (Å²) < 4.78 is 40.1. The van der Waals surface area contributed by atoms with E-state index in [0.717, 1.165) is 25.9 Å². The zero-order valence-corrected chi connectivity index (χ0v) is 18.7. The first-order valence-electron chi connectivity index (χ1n) is 12.0. The first kappa shape index (κ1) is 23.2. The Morgan fingerprint density at radius 3 is 2.43 bits per heavy atom. The van der Waals surface area contributed by atoms with Gasteiger partial charge in [-0.25, -0.2) is 4.39 Å². The van der Waals surface area contributed by atoms with Crippen LogP contribution in [0.5, 0.6) is 5.75 Å². The molecule has 30 heavy (non-hydrogen) atoms. The van der Waals surface area contributed by atoms with E-state index in [4.69, 9.17) is 9.47 Å². The van der Waals surface area contributed by atoms with Gasteiger partial charge in [0.05, 0.1) is 19.3 Å². The molecule has 2 nitrogen and oxygen atoms in total. The van der Waals surface area contributed by atoms with Crippen molar-refractivity contribution in [2.45, 2.75) is 90.1 Å². The Balaban J connectivity index is 1.47. The minimum Gasteiger partial charge on any atom is -0.491 e. The maximum absolute atomic E-state index is 14.5. The average Bonchev–Trinajstić information content (AvgIpc) is 2.78. The van der Waals surface area contributed by atoms with Crippen LogP contribution in [-0.4, -0.2) is 19.3 Å². The van der Waals surface area contributed by atoms with Crippen LogP contribution < -0.4 is 4.74 Å². The molecule has 1 aliphatic carbocycles. The molecule has 4 heteroatoms. The molecular formula is C26H38F2O2. The van der Waals surface area contributed by atoms with Crippen molar-refractivity contribution in [2.75, 3.05) is 13.2 Å². The zero-order valence-electron chi connectivity index (χ0n) is 18.7. The monoisotopic (exact) mass is 420 g/mol. The summed E-state index contributed by atoms with van der Waals surface area (Å²) in [4.78, 5) is 0. The van der Waals surface area contributed by atoms with E-state index in [1.165, 1.54) is 44.9 Å². The van der Waals surface area contributed by atoms with Crippen molar-refractivity contribution in [3.63, 3.8) is 0 Å². The van der Waals surface area contributed by atoms with Crippen LogP contribution >= 0.6 is 0 Å². The molecule has 0 aromatic heterocycles. The Bertz CT molecular complexity index is 680. The number of ether oxygens (including phenoxy) is 2. The minimum absolute atomic E-state index is 0.00399. The summed E-state index contributed by atoms with van der Waals surface area (Å²) >= 11 is 0. The molecule has 1 aromatic carbocycles. The van der Waals surface area contributed by atoms with E-state index in [1.807, 2.05) is 0 Å². The highest BCUT2D eigenvalue weighted by atomic mass is 19.2. The number of rotatable bonds is 10. The Kier molecular flexibility index (Phi) is 9.17. The van der Waals surface area contributed by atoms with Crippen molar-refractivity contribution in [1.29, 1.82) is 0 Å². The number of allylic oxidation sites excluding steroid dienone is 2. The second-order valence-electron chi connectivity index (χ2n) is 8.94. The molecule has 2 aliphatic rings. The van der Waals surface area contributed by atoms with E-state index < -0.39 is 11.6 Å². The molecule has 0 bridgehead atoms. The fourth-order valence-corrected chi connectivity index (χ4v) is 4.96. The molecule has 1 aromatic rings. The molecule has 0 spiro atoms. The van der Waals surface area contributed by atoms with E-state index in [-0.39, 0.29) is 11.7 Å². The lowest BCUT2D eigenvalue weighted by atomic mass is 9.76. The van der Waals surface area contributed by atoms with Gasteiger partial charge < -0.3 is 9.47 Å². The third-order valence-electron chi connectivity index (χ3n) is 6.82. The van der Waals surface area contributed by atoms with Gasteiger partial charge in [0.15, 0.2) is 11.6 Å². The second kappa shape index (κ2) is 11.8. The minimum atomic E-state index is -0.869. The molecule has 0 amide bonds. The molecule has 0 saturated carbocycles. The lowest BCUT2D eigenvalue weighted by molar-refractivity contribution is -0.0327. The third kappa shape index (κ3) is 6.06. The topological polar surface area (TPSA) is 18.5 Å². The summed E-state index contributed by atoms with van der Waals surface area (Å²) in [6, 6.07) is 3.22. The first-order valence-corrected chi connectivity index (χ1v) is 12.0. The number of benzene rings is 1. The van der Waals surface area contributed by atoms with Crippen LogP contribution in [-0.2, 0) is 4.74 Å². The third-order valence-corrected chi connectivity index (χ3v) is 6.82. The maximum Gasteiger partial charge on any atom is 0.200 e. The predicted octanol–water partition coefficient (Wildman–Crippen LogP) is 7.57. The highest BCUT2D eigenvalue weighted by molar-refractivity contribution is 5.35. The van der Waals surface area contributed by atoms with Crippen LogP contribution in [0.25, 0.3) is 0 Å². The lowest BCUT2D eigenvalue weighted by Gasteiger charge is -2.35. The smallest absolute Gasteiger partial charge is 0.200 e. The molecule has 1 heterocycles. The summed E-state index contributed by atoms with van der Waals surface area (Å²) in [6.45, 7) is 5.18. The standard InChI is InChI=1S/C26H38F2O2/c1-3-5-6-7-8-9-22-15-14-21(18-30-22)19-10-12-20(13-11-19)23-16-17-24(29-4-2)26(28)25(23)27/h10,12,16-17,19-22H,3-9,11,13-15,18H2,1-2H3. The summed E-state index contributed by atoms with van der Waals surface area (Å²) in [5, 5.41) is 0. The number of halogens is 2. The van der Waals surface area contributed by atoms with E-state index >= 15 is 0 Å². The molecule has 168 valence electrons. The van der Waals surface area contributed by atoms with Gasteiger partial charge >= 0.3 is 0 Å². The Morgan fingerprint density at radius 2 is 1.77 bits per heavy atom. The summed E-state index contributed by atoms with van der Waals surface area (Å²) in [5.74, 6) is -0.659. The van der Waals surface area contributed by atoms with E-state index in [9.17, 15) is 8.78 Å². The van der Waals surface area contributed by atoms with Gasteiger partial charge in [-0.1, -0.05) is 57.2 Å². The highest BCUT2D eigenvalue weighted by Gasteiger charge is 2.30. The summed E-state index contributed by atoms with van der Waals surface area (Å²) in [7, 11) is 0. The molecule has 0 N–H and O–H groups in total. The van der Waals surface area contributed by atoms with Crippen molar-refractivity contribution < 1.29 is 18.3 Å². The predicted molar refractivity (Wildman–Crippen MR) is 118 cm³/mol. The zero-order chi connectivity index (χ0) is 21.3. The van der Waals surface area contributed by atoms with Gasteiger partial charge in [-0.2, -0.15) is 4.39 Å². The second-order valence-corrected chi connectivity index (χ2v) is 8.94. The van der Waals surface area contributed by atoms with E-state index in [0.29, 0.717) is 30.1 Å². The number of hydrogen-bond acceptors (Lipinski definition) is 2. The Hall–Kier alpha value is -1.42. The van der Waals surface area contributed by atoms with Crippen molar-refractivity contribution >= 4 is 0 Å². The van der Waals surface area contributed by atoms with Crippen LogP contribution in [0.4, 0.5) is 8.78 Å². The van der Waals surface area contributed by atoms with Crippen LogP contribution in [0.2, 0.25) is 0 Å². The van der Waals surface area contributed by atoms with Crippen molar-refractivity contribution in [2.24, 2.45) is 11.8 Å². The van der Waals surface area contributed by atoms with E-state index in [1.54, 1.807) is 19.1 Å². The van der Waals surface area contributed by atoms with Gasteiger partial charge in [-0.05, 0) is 62.5 Å². The lowest BCUT2D eigenvalue weighted by Crippen LogP contribution is -2.31. The summed E-state index contributed by atoms with van der Waals surface area (Å²) in [5.41, 5.74) is 0.439. The van der Waals surface area contributed by atoms with Gasteiger partial charge in [0.1, 0.15) is 0 Å². The van der Waals surface area contributed by atoms with Gasteiger partial charge in [0, 0.05) is 5.92 Å². The Morgan fingerprint density at radius 1 is 0.933 bits per heavy atom. The Labute approximate surface area is 181 Å². The molecule has 3 rings (SSSR count). The first-order chi connectivity index (χ1) is 14.6. The molecule has 1 aliphatic heterocycles. The molecule has 4 unspecified atom stereocenters. The van der Waals surface area contributed by atoms with Gasteiger partial charge in [0.2, 0.25) is 5.82 Å². The fourth-order valence-electron chi connectivity index (χ4n) is 4.96. The van der Waals surface area contributed by atoms with Crippen LogP contribution in [0, 0.1) is 23.5 Å². The van der Waals surface area contributed by atoms with Crippen LogP contribution in [0.15, 0.2) is 24.3 Å². The van der Waals surface area contributed by atoms with Crippen LogP contribution in [0.1, 0.15) is 89.5 Å². The molecule has 1 saturated heterocycles. The van der Waals surface area contributed by atoms with Crippen LogP contribution in [0.3, 0.4) is 0 Å². The highest BCUT2D eigenvalue weighted by Crippen LogP contribution is 2.39. The molecule has 1 fully saturated rings. The molecule has 0 radical (unpaired) electrons. The normalized spacial score (nSPS) is 26.7. The van der Waals surface area contributed by atoms with Crippen molar-refractivity contribution in [1.82, 2.24) is 0 Å². The maximum atomic E-state index is 14.5. The van der Waals surface area contributed by atoms with Crippen molar-refractivity contribution in [3.8, 4) is 5.75 Å². The largest absolute Gasteiger partial charge is 0.491 e. The average molecular weight is 421 g/mol. The quantitative estimate of drug-likeness (QED) is 0.287. The van der Waals surface area contributed by atoms with Gasteiger partial charge in [-0.15, -0.1) is 0 Å². The fraction of sp³-hybridized carbons (Fsp3) is 0.692.